The molecule has 32 heavy (non-hydrogen) atoms. The molecular weight excluding hydrogens is 440 g/mol. The molecule has 0 radical (unpaired) electrons. The number of carbonyl (C=O) groups is 1. The minimum Gasteiger partial charge on any atom is -0.366 e. The third kappa shape index (κ3) is 4.95. The van der Waals surface area contributed by atoms with Crippen molar-refractivity contribution in [2.75, 3.05) is 42.9 Å². The first kappa shape index (κ1) is 21.9. The maximum absolute atomic E-state index is 13.3. The van der Waals surface area contributed by atoms with Crippen molar-refractivity contribution in [3.8, 4) is 5.69 Å². The van der Waals surface area contributed by atoms with Crippen molar-refractivity contribution in [3.05, 3.63) is 81.7 Å². The van der Waals surface area contributed by atoms with Crippen molar-refractivity contribution in [1.29, 1.82) is 0 Å². The normalized spacial score (nSPS) is 14.4. The summed E-state index contributed by atoms with van der Waals surface area (Å²) in [6, 6.07) is 11.9. The number of nitrogens with zero attached hydrogens (tertiary/aromatic N) is 4. The van der Waals surface area contributed by atoms with Crippen molar-refractivity contribution >= 4 is 28.9 Å². The molecule has 10 heteroatoms. The van der Waals surface area contributed by atoms with Crippen molar-refractivity contribution in [2.45, 2.75) is 0 Å². The number of piperazine rings is 1. The van der Waals surface area contributed by atoms with Gasteiger partial charge in [0.15, 0.2) is 0 Å². The van der Waals surface area contributed by atoms with E-state index in [1.54, 1.807) is 18.3 Å². The average Bonchev–Trinajstić information content (AvgIpc) is 2.76. The number of anilines is 2. The fourth-order valence-corrected chi connectivity index (χ4v) is 3.82. The largest absolute Gasteiger partial charge is 0.366 e. The summed E-state index contributed by atoms with van der Waals surface area (Å²) in [5, 5.41) is 6.84. The van der Waals surface area contributed by atoms with Gasteiger partial charge in [0.05, 0.1) is 24.1 Å². The van der Waals surface area contributed by atoms with E-state index in [1.165, 1.54) is 4.68 Å². The predicted octanol–water partition coefficient (Wildman–Crippen LogP) is 2.92. The Morgan fingerprint density at radius 1 is 1.03 bits per heavy atom. The standard InChI is InChI=1S/C22H20ClF2N5O2/c23-21-19(13-26-30(22(21)32)18-4-2-1-3-5-18)29-8-6-28(7-9-29)14-20(31)27-17-11-15(24)10-16(25)12-17/h1-5,10-13H,6-9,14H2,(H,27,31). The molecule has 0 saturated carbocycles. The monoisotopic (exact) mass is 459 g/mol. The Labute approximate surface area is 187 Å². The van der Waals surface area contributed by atoms with Gasteiger partial charge in [-0.25, -0.2) is 8.78 Å². The first-order chi connectivity index (χ1) is 15.4. The van der Waals surface area contributed by atoms with Crippen LogP contribution in [-0.4, -0.2) is 53.3 Å². The molecule has 1 aliphatic rings. The van der Waals surface area contributed by atoms with Crippen LogP contribution < -0.4 is 15.8 Å². The molecule has 4 rings (SSSR count). The SMILES string of the molecule is O=C(CN1CCN(c2cnn(-c3ccccc3)c(=O)c2Cl)CC1)Nc1cc(F)cc(F)c1. The van der Waals surface area contributed by atoms with E-state index in [-0.39, 0.29) is 23.2 Å². The maximum Gasteiger partial charge on any atom is 0.292 e. The van der Waals surface area contributed by atoms with Gasteiger partial charge in [0.1, 0.15) is 16.7 Å². The summed E-state index contributed by atoms with van der Waals surface area (Å²) in [7, 11) is 0. The number of benzene rings is 2. The van der Waals surface area contributed by atoms with Crippen LogP contribution in [0.2, 0.25) is 5.02 Å². The van der Waals surface area contributed by atoms with Gasteiger partial charge in [0.2, 0.25) is 5.91 Å². The number of nitrogens with one attached hydrogen (secondary N) is 1. The topological polar surface area (TPSA) is 70.5 Å². The molecule has 1 fully saturated rings. The van der Waals surface area contributed by atoms with Crippen molar-refractivity contribution in [1.82, 2.24) is 14.7 Å². The van der Waals surface area contributed by atoms with E-state index in [4.69, 9.17) is 11.6 Å². The summed E-state index contributed by atoms with van der Waals surface area (Å²) < 4.78 is 27.8. The highest BCUT2D eigenvalue weighted by molar-refractivity contribution is 6.33. The number of aromatic nitrogens is 2. The number of halogens is 3. The Morgan fingerprint density at radius 2 is 1.69 bits per heavy atom. The minimum atomic E-state index is -0.756. The highest BCUT2D eigenvalue weighted by Gasteiger charge is 2.23. The van der Waals surface area contributed by atoms with Gasteiger partial charge in [0, 0.05) is 37.9 Å². The third-order valence-electron chi connectivity index (χ3n) is 5.13. The van der Waals surface area contributed by atoms with Gasteiger partial charge in [-0.2, -0.15) is 9.78 Å². The first-order valence-electron chi connectivity index (χ1n) is 9.97. The van der Waals surface area contributed by atoms with Gasteiger partial charge >= 0.3 is 0 Å². The van der Waals surface area contributed by atoms with E-state index < -0.39 is 17.2 Å². The molecule has 1 aromatic heterocycles. The molecule has 0 bridgehead atoms. The molecule has 0 unspecified atom stereocenters. The molecule has 0 aliphatic carbocycles. The summed E-state index contributed by atoms with van der Waals surface area (Å²) in [6.07, 6.45) is 1.57. The van der Waals surface area contributed by atoms with Gasteiger partial charge in [-0.1, -0.05) is 29.8 Å². The summed E-state index contributed by atoms with van der Waals surface area (Å²) in [4.78, 5) is 28.8. The maximum atomic E-state index is 13.3. The van der Waals surface area contributed by atoms with Crippen LogP contribution in [0.1, 0.15) is 0 Å². The highest BCUT2D eigenvalue weighted by atomic mass is 35.5. The first-order valence-corrected chi connectivity index (χ1v) is 10.3. The predicted molar refractivity (Wildman–Crippen MR) is 118 cm³/mol. The second kappa shape index (κ2) is 9.46. The van der Waals surface area contributed by atoms with Crippen LogP contribution in [-0.2, 0) is 4.79 Å². The molecule has 166 valence electrons. The van der Waals surface area contributed by atoms with Crippen LogP contribution in [0.5, 0.6) is 0 Å². The summed E-state index contributed by atoms with van der Waals surface area (Å²) in [5.74, 6) is -1.88. The molecule has 3 aromatic rings. The Bertz CT molecular complexity index is 1160. The molecule has 1 aliphatic heterocycles. The average molecular weight is 460 g/mol. The van der Waals surface area contributed by atoms with E-state index in [2.05, 4.69) is 10.4 Å². The van der Waals surface area contributed by atoms with E-state index in [9.17, 15) is 18.4 Å². The summed E-state index contributed by atoms with van der Waals surface area (Å²) in [5.41, 5.74) is 0.839. The second-order valence-corrected chi connectivity index (χ2v) is 7.74. The Balaban J connectivity index is 1.37. The second-order valence-electron chi connectivity index (χ2n) is 7.37. The molecule has 2 heterocycles. The van der Waals surface area contributed by atoms with Crippen molar-refractivity contribution in [3.63, 3.8) is 0 Å². The summed E-state index contributed by atoms with van der Waals surface area (Å²) in [6.45, 7) is 2.25. The molecule has 0 atom stereocenters. The van der Waals surface area contributed by atoms with Crippen molar-refractivity contribution < 1.29 is 13.6 Å². The van der Waals surface area contributed by atoms with Crippen LogP contribution in [0.15, 0.2) is 59.5 Å². The molecule has 1 amide bonds. The lowest BCUT2D eigenvalue weighted by atomic mass is 10.2. The minimum absolute atomic E-state index is 0.0722. The zero-order chi connectivity index (χ0) is 22.7. The number of carbonyl (C=O) groups excluding carboxylic acids is 1. The van der Waals surface area contributed by atoms with E-state index >= 15 is 0 Å². The lowest BCUT2D eigenvalue weighted by molar-refractivity contribution is -0.117. The molecule has 1 saturated heterocycles. The quantitative estimate of drug-likeness (QED) is 0.635. The number of para-hydroxylation sites is 1. The molecule has 0 spiro atoms. The number of amides is 1. The van der Waals surface area contributed by atoms with Gasteiger partial charge < -0.3 is 10.2 Å². The molecule has 7 nitrogen and oxygen atoms in total. The van der Waals surface area contributed by atoms with Crippen LogP contribution in [0.25, 0.3) is 5.69 Å². The Kier molecular flexibility index (Phi) is 6.48. The highest BCUT2D eigenvalue weighted by Crippen LogP contribution is 2.23. The van der Waals surface area contributed by atoms with Gasteiger partial charge in [-0.05, 0) is 24.3 Å². The van der Waals surface area contributed by atoms with Gasteiger partial charge in [-0.3, -0.25) is 14.5 Å². The zero-order valence-corrected chi connectivity index (χ0v) is 17.7. The summed E-state index contributed by atoms with van der Waals surface area (Å²) >= 11 is 6.36. The van der Waals surface area contributed by atoms with E-state index in [1.807, 2.05) is 28.0 Å². The molecule has 2 aromatic carbocycles. The van der Waals surface area contributed by atoms with Crippen molar-refractivity contribution in [2.24, 2.45) is 0 Å². The third-order valence-corrected chi connectivity index (χ3v) is 5.48. The number of hydrogen-bond donors (Lipinski definition) is 1. The van der Waals surface area contributed by atoms with Crippen LogP contribution in [0.4, 0.5) is 20.2 Å². The van der Waals surface area contributed by atoms with E-state index in [0.717, 1.165) is 18.2 Å². The smallest absolute Gasteiger partial charge is 0.292 e. The molecule has 1 N–H and O–H groups in total. The molecular formula is C22H20ClF2N5O2. The van der Waals surface area contributed by atoms with Crippen LogP contribution in [0.3, 0.4) is 0 Å². The lowest BCUT2D eigenvalue weighted by Gasteiger charge is -2.35. The number of rotatable bonds is 5. The number of hydrogen-bond acceptors (Lipinski definition) is 5. The van der Waals surface area contributed by atoms with E-state index in [0.29, 0.717) is 37.6 Å². The van der Waals surface area contributed by atoms with Crippen LogP contribution >= 0.6 is 11.6 Å². The van der Waals surface area contributed by atoms with Crippen LogP contribution in [0, 0.1) is 11.6 Å². The fraction of sp³-hybridized carbons (Fsp3) is 0.227. The Hall–Kier alpha value is -3.30. The van der Waals surface area contributed by atoms with Gasteiger partial charge in [-0.15, -0.1) is 0 Å². The Morgan fingerprint density at radius 3 is 2.34 bits per heavy atom. The van der Waals surface area contributed by atoms with Gasteiger partial charge in [0.25, 0.3) is 5.56 Å². The zero-order valence-electron chi connectivity index (χ0n) is 17.0. The fourth-order valence-electron chi connectivity index (χ4n) is 3.57. The lowest BCUT2D eigenvalue weighted by Crippen LogP contribution is -2.49.